The van der Waals surface area contributed by atoms with Crippen molar-refractivity contribution in [1.82, 2.24) is 0 Å². The number of para-hydroxylation sites is 1. The molecule has 1 atom stereocenters. The lowest BCUT2D eigenvalue weighted by Gasteiger charge is -2.20. The van der Waals surface area contributed by atoms with Gasteiger partial charge in [-0.25, -0.2) is 4.79 Å². The number of hydrogen-bond acceptors (Lipinski definition) is 5. The van der Waals surface area contributed by atoms with Crippen LogP contribution in [0.25, 0.3) is 0 Å². The number of nitrogens with one attached hydrogen (secondary N) is 1. The molecule has 1 N–H and O–H groups in total. The minimum Gasteiger partial charge on any atom is -0.457 e. The Kier molecular flexibility index (Phi) is 8.18. The molecule has 0 fully saturated rings. The normalized spacial score (nSPS) is 11.5. The molecule has 0 radical (unpaired) electrons. The molecule has 0 aliphatic rings. The summed E-state index contributed by atoms with van der Waals surface area (Å²) in [6.45, 7) is -0.0941. The Morgan fingerprint density at radius 2 is 1.42 bits per heavy atom. The van der Waals surface area contributed by atoms with E-state index >= 15 is 0 Å². The molecular weight excluding hydrogens is 461 g/mol. The van der Waals surface area contributed by atoms with Crippen molar-refractivity contribution in [2.45, 2.75) is 19.3 Å². The SMILES string of the molecule is O=C(Cc1ccccc1)OC(Nc1c(Cl)cccc1Cl)C(=O)OCc1ccccc1Cl. The summed E-state index contributed by atoms with van der Waals surface area (Å²) in [7, 11) is 0. The highest BCUT2D eigenvalue weighted by molar-refractivity contribution is 6.39. The van der Waals surface area contributed by atoms with Crippen molar-refractivity contribution in [3.8, 4) is 0 Å². The van der Waals surface area contributed by atoms with Gasteiger partial charge in [0.2, 0.25) is 0 Å². The number of carbonyl (C=O) groups is 2. The number of rotatable bonds is 8. The molecule has 31 heavy (non-hydrogen) atoms. The van der Waals surface area contributed by atoms with Gasteiger partial charge in [0.1, 0.15) is 6.61 Å². The summed E-state index contributed by atoms with van der Waals surface area (Å²) >= 11 is 18.5. The fourth-order valence-electron chi connectivity index (χ4n) is 2.68. The number of esters is 2. The first-order valence-corrected chi connectivity index (χ1v) is 10.4. The van der Waals surface area contributed by atoms with Crippen LogP contribution in [0.15, 0.2) is 72.8 Å². The van der Waals surface area contributed by atoms with Crippen LogP contribution in [0.3, 0.4) is 0 Å². The molecule has 3 aromatic rings. The predicted octanol–water partition coefficient (Wildman–Crippen LogP) is 5.91. The molecule has 0 heterocycles. The van der Waals surface area contributed by atoms with Gasteiger partial charge >= 0.3 is 11.9 Å². The van der Waals surface area contributed by atoms with Crippen LogP contribution in [0, 0.1) is 0 Å². The van der Waals surface area contributed by atoms with Gasteiger partial charge in [0, 0.05) is 10.6 Å². The van der Waals surface area contributed by atoms with Crippen LogP contribution in [0.1, 0.15) is 11.1 Å². The van der Waals surface area contributed by atoms with Crippen molar-refractivity contribution in [3.05, 3.63) is 99.0 Å². The summed E-state index contributed by atoms with van der Waals surface area (Å²) in [6.07, 6.45) is -1.48. The van der Waals surface area contributed by atoms with Gasteiger partial charge in [-0.3, -0.25) is 4.79 Å². The monoisotopic (exact) mass is 477 g/mol. The van der Waals surface area contributed by atoms with E-state index in [9.17, 15) is 9.59 Å². The van der Waals surface area contributed by atoms with E-state index in [0.29, 0.717) is 10.6 Å². The van der Waals surface area contributed by atoms with Crippen LogP contribution in [0.2, 0.25) is 15.1 Å². The third kappa shape index (κ3) is 6.62. The molecule has 3 aromatic carbocycles. The molecule has 0 aromatic heterocycles. The second-order valence-electron chi connectivity index (χ2n) is 6.47. The Bertz CT molecular complexity index is 1040. The summed E-state index contributed by atoms with van der Waals surface area (Å²) in [5.41, 5.74) is 1.60. The standard InChI is InChI=1S/C23H18Cl3NO4/c24-17-10-5-4-9-16(17)14-30-23(29)22(27-21-18(25)11-6-12-19(21)26)31-20(28)13-15-7-2-1-3-8-15/h1-12,22,27H,13-14H2. The maximum absolute atomic E-state index is 12.8. The number of hydrogen-bond donors (Lipinski definition) is 1. The largest absolute Gasteiger partial charge is 0.457 e. The molecule has 0 bridgehead atoms. The summed E-state index contributed by atoms with van der Waals surface area (Å²) in [5.74, 6) is -1.45. The first-order chi connectivity index (χ1) is 14.9. The van der Waals surface area contributed by atoms with Crippen LogP contribution in [-0.2, 0) is 32.1 Å². The van der Waals surface area contributed by atoms with Crippen molar-refractivity contribution in [2.24, 2.45) is 0 Å². The van der Waals surface area contributed by atoms with E-state index in [-0.39, 0.29) is 28.8 Å². The van der Waals surface area contributed by atoms with Gasteiger partial charge in [-0.05, 0) is 23.8 Å². The van der Waals surface area contributed by atoms with E-state index in [1.54, 1.807) is 66.7 Å². The Hall–Kier alpha value is -2.73. The smallest absolute Gasteiger partial charge is 0.369 e. The van der Waals surface area contributed by atoms with Gasteiger partial charge in [-0.1, -0.05) is 89.4 Å². The van der Waals surface area contributed by atoms with Crippen molar-refractivity contribution >= 4 is 52.4 Å². The average Bonchev–Trinajstić information content (AvgIpc) is 2.75. The zero-order chi connectivity index (χ0) is 22.2. The highest BCUT2D eigenvalue weighted by atomic mass is 35.5. The molecule has 0 aliphatic heterocycles. The second kappa shape index (κ2) is 11.0. The molecule has 0 saturated heterocycles. The molecule has 1 unspecified atom stereocenters. The highest BCUT2D eigenvalue weighted by Gasteiger charge is 2.26. The van der Waals surface area contributed by atoms with Crippen LogP contribution in [0.4, 0.5) is 5.69 Å². The van der Waals surface area contributed by atoms with Crippen LogP contribution in [-0.4, -0.2) is 18.2 Å². The van der Waals surface area contributed by atoms with E-state index in [1.165, 1.54) is 0 Å². The van der Waals surface area contributed by atoms with E-state index in [4.69, 9.17) is 44.3 Å². The lowest BCUT2D eigenvalue weighted by atomic mass is 10.2. The van der Waals surface area contributed by atoms with Crippen molar-refractivity contribution in [3.63, 3.8) is 0 Å². The minimum absolute atomic E-state index is 0.0208. The molecule has 0 aliphatic carbocycles. The fraction of sp³-hybridized carbons (Fsp3) is 0.130. The Morgan fingerprint density at radius 3 is 2.10 bits per heavy atom. The molecule has 0 spiro atoms. The number of benzene rings is 3. The first-order valence-electron chi connectivity index (χ1n) is 9.28. The van der Waals surface area contributed by atoms with E-state index in [0.717, 1.165) is 5.56 Å². The molecule has 8 heteroatoms. The van der Waals surface area contributed by atoms with Gasteiger partial charge < -0.3 is 14.8 Å². The number of halogens is 3. The first kappa shape index (κ1) is 22.9. The topological polar surface area (TPSA) is 64.6 Å². The predicted molar refractivity (Wildman–Crippen MR) is 121 cm³/mol. The Morgan fingerprint density at radius 1 is 0.806 bits per heavy atom. The van der Waals surface area contributed by atoms with Crippen LogP contribution in [0.5, 0.6) is 0 Å². The number of anilines is 1. The molecule has 160 valence electrons. The van der Waals surface area contributed by atoms with Crippen molar-refractivity contribution in [1.29, 1.82) is 0 Å². The zero-order valence-electron chi connectivity index (χ0n) is 16.2. The van der Waals surface area contributed by atoms with E-state index in [1.807, 2.05) is 6.07 Å². The minimum atomic E-state index is -1.46. The van der Waals surface area contributed by atoms with Crippen molar-refractivity contribution in [2.75, 3.05) is 5.32 Å². The van der Waals surface area contributed by atoms with Gasteiger partial charge in [-0.15, -0.1) is 0 Å². The Balaban J connectivity index is 1.75. The third-order valence-electron chi connectivity index (χ3n) is 4.22. The average molecular weight is 479 g/mol. The summed E-state index contributed by atoms with van der Waals surface area (Å²) < 4.78 is 10.7. The second-order valence-corrected chi connectivity index (χ2v) is 7.69. The van der Waals surface area contributed by atoms with E-state index in [2.05, 4.69) is 5.32 Å². The van der Waals surface area contributed by atoms with Crippen LogP contribution >= 0.6 is 34.8 Å². The molecule has 3 rings (SSSR count). The molecule has 0 saturated carbocycles. The molecule has 0 amide bonds. The van der Waals surface area contributed by atoms with Gasteiger partial charge in [0.25, 0.3) is 6.23 Å². The zero-order valence-corrected chi connectivity index (χ0v) is 18.5. The number of ether oxygens (including phenoxy) is 2. The molecule has 5 nitrogen and oxygen atoms in total. The lowest BCUT2D eigenvalue weighted by Crippen LogP contribution is -2.36. The molecular formula is C23H18Cl3NO4. The lowest BCUT2D eigenvalue weighted by molar-refractivity contribution is -0.166. The maximum atomic E-state index is 12.8. The van der Waals surface area contributed by atoms with Crippen LogP contribution < -0.4 is 5.32 Å². The summed E-state index contributed by atoms with van der Waals surface area (Å²) in [6, 6.07) is 20.8. The maximum Gasteiger partial charge on any atom is 0.369 e. The van der Waals surface area contributed by atoms with Gasteiger partial charge in [0.15, 0.2) is 0 Å². The fourth-order valence-corrected chi connectivity index (χ4v) is 3.38. The van der Waals surface area contributed by atoms with Gasteiger partial charge in [-0.2, -0.15) is 0 Å². The van der Waals surface area contributed by atoms with Gasteiger partial charge in [0.05, 0.1) is 22.2 Å². The van der Waals surface area contributed by atoms with E-state index < -0.39 is 18.2 Å². The Labute approximate surface area is 194 Å². The number of carbonyl (C=O) groups excluding carboxylic acids is 2. The summed E-state index contributed by atoms with van der Waals surface area (Å²) in [4.78, 5) is 25.2. The van der Waals surface area contributed by atoms with Crippen molar-refractivity contribution < 1.29 is 19.1 Å². The third-order valence-corrected chi connectivity index (χ3v) is 5.22. The summed E-state index contributed by atoms with van der Waals surface area (Å²) in [5, 5.41) is 3.74. The highest BCUT2D eigenvalue weighted by Crippen LogP contribution is 2.30. The quantitative estimate of drug-likeness (QED) is 0.322.